The lowest BCUT2D eigenvalue weighted by atomic mass is 10.1. The van der Waals surface area contributed by atoms with Crippen molar-refractivity contribution in [2.45, 2.75) is 13.8 Å². The molecule has 1 rings (SSSR count). The van der Waals surface area contributed by atoms with Gasteiger partial charge in [-0.3, -0.25) is 9.59 Å². The van der Waals surface area contributed by atoms with Crippen LogP contribution in [0, 0.1) is 13.8 Å². The average Bonchev–Trinajstić information content (AvgIpc) is 2.31. The van der Waals surface area contributed by atoms with E-state index in [1.165, 1.54) is 0 Å². The summed E-state index contributed by atoms with van der Waals surface area (Å²) in [5.74, 6) is -2.57. The number of nitrogens with one attached hydrogen (secondary N) is 1. The van der Waals surface area contributed by atoms with E-state index in [4.69, 9.17) is 10.2 Å². The molecule has 0 aliphatic heterocycles. The van der Waals surface area contributed by atoms with Crippen molar-refractivity contribution >= 4 is 39.6 Å². The molecule has 1 aromatic carbocycles. The fourth-order valence-corrected chi connectivity index (χ4v) is 2.56. The summed E-state index contributed by atoms with van der Waals surface area (Å²) >= 11 is 3.31. The first-order valence-corrected chi connectivity index (χ1v) is 6.76. The number of aliphatic carboxylic acids is 2. The van der Waals surface area contributed by atoms with Gasteiger partial charge in [0.1, 0.15) is 13.1 Å². The Morgan fingerprint density at radius 3 is 2.10 bits per heavy atom. The highest BCUT2D eigenvalue weighted by Crippen LogP contribution is 2.28. The minimum absolute atomic E-state index is 0.478. The summed E-state index contributed by atoms with van der Waals surface area (Å²) in [7, 11) is 0. The molecule has 3 N–H and O–H groups in total. The Balaban J connectivity index is 2.96. The smallest absolute Gasteiger partial charge is 0.323 e. The molecule has 0 spiro atoms. The van der Waals surface area contributed by atoms with Crippen LogP contribution in [0.2, 0.25) is 0 Å². The van der Waals surface area contributed by atoms with Crippen LogP contribution in [0.15, 0.2) is 16.6 Å². The third kappa shape index (κ3) is 5.07. The van der Waals surface area contributed by atoms with Crippen molar-refractivity contribution in [1.29, 1.82) is 0 Å². The lowest BCUT2D eigenvalue weighted by molar-refractivity contribution is -0.140. The number of urea groups is 1. The highest BCUT2D eigenvalue weighted by atomic mass is 79.9. The van der Waals surface area contributed by atoms with Crippen molar-refractivity contribution < 1.29 is 24.6 Å². The first-order chi connectivity index (χ1) is 9.70. The predicted octanol–water partition coefficient (Wildman–Crippen LogP) is 2.07. The molecule has 0 saturated heterocycles. The van der Waals surface area contributed by atoms with Gasteiger partial charge in [-0.2, -0.15) is 0 Å². The monoisotopic (exact) mass is 358 g/mol. The Hall–Kier alpha value is -2.09. The van der Waals surface area contributed by atoms with Gasteiger partial charge in [-0.05, 0) is 47.0 Å². The molecule has 1 aromatic rings. The number of hydrogen-bond donors (Lipinski definition) is 3. The number of aryl methyl sites for hydroxylation is 2. The molecule has 0 heterocycles. The Kier molecular flexibility index (Phi) is 5.71. The van der Waals surface area contributed by atoms with Gasteiger partial charge in [0.2, 0.25) is 0 Å². The Labute approximate surface area is 129 Å². The molecule has 8 heteroatoms. The number of halogens is 1. The van der Waals surface area contributed by atoms with Crippen LogP contribution < -0.4 is 5.32 Å². The van der Waals surface area contributed by atoms with Crippen LogP contribution in [-0.2, 0) is 9.59 Å². The van der Waals surface area contributed by atoms with E-state index in [1.54, 1.807) is 13.0 Å². The predicted molar refractivity (Wildman–Crippen MR) is 79.5 cm³/mol. The molecule has 21 heavy (non-hydrogen) atoms. The van der Waals surface area contributed by atoms with Gasteiger partial charge in [-0.25, -0.2) is 4.79 Å². The number of carboxylic acids is 2. The lowest BCUT2D eigenvalue weighted by Crippen LogP contribution is -2.42. The molecule has 0 aliphatic rings. The van der Waals surface area contributed by atoms with E-state index in [2.05, 4.69) is 21.2 Å². The van der Waals surface area contributed by atoms with Crippen LogP contribution in [0.3, 0.4) is 0 Å². The zero-order valence-corrected chi connectivity index (χ0v) is 13.1. The largest absolute Gasteiger partial charge is 0.480 e. The van der Waals surface area contributed by atoms with Crippen LogP contribution in [0.25, 0.3) is 0 Å². The molecule has 2 amide bonds. The molecule has 0 radical (unpaired) electrons. The lowest BCUT2D eigenvalue weighted by Gasteiger charge is -2.20. The summed E-state index contributed by atoms with van der Waals surface area (Å²) in [6, 6.07) is 2.85. The quantitative estimate of drug-likeness (QED) is 0.746. The van der Waals surface area contributed by atoms with Crippen molar-refractivity contribution in [1.82, 2.24) is 4.90 Å². The Bertz CT molecular complexity index is 549. The van der Waals surface area contributed by atoms with Crippen molar-refractivity contribution in [3.8, 4) is 0 Å². The Morgan fingerprint density at radius 2 is 1.67 bits per heavy atom. The topological polar surface area (TPSA) is 107 Å². The Morgan fingerprint density at radius 1 is 1.14 bits per heavy atom. The van der Waals surface area contributed by atoms with Crippen molar-refractivity contribution in [3.63, 3.8) is 0 Å². The second-order valence-electron chi connectivity index (χ2n) is 4.51. The number of carboxylic acid groups (broad SMARTS) is 2. The van der Waals surface area contributed by atoms with E-state index in [0.29, 0.717) is 15.1 Å². The minimum Gasteiger partial charge on any atom is -0.480 e. The summed E-state index contributed by atoms with van der Waals surface area (Å²) in [6.45, 7) is 2.29. The molecular formula is C13H15BrN2O5. The molecule has 0 saturated carbocycles. The van der Waals surface area contributed by atoms with E-state index in [0.717, 1.165) is 11.1 Å². The first kappa shape index (κ1) is 17.0. The van der Waals surface area contributed by atoms with Gasteiger partial charge in [0.25, 0.3) is 0 Å². The fourth-order valence-electron chi connectivity index (χ4n) is 1.79. The molecule has 114 valence electrons. The van der Waals surface area contributed by atoms with Crippen molar-refractivity contribution in [3.05, 3.63) is 27.7 Å². The summed E-state index contributed by atoms with van der Waals surface area (Å²) < 4.78 is 0.638. The summed E-state index contributed by atoms with van der Waals surface area (Å²) in [4.78, 5) is 34.2. The van der Waals surface area contributed by atoms with Gasteiger partial charge in [-0.15, -0.1) is 0 Å². The van der Waals surface area contributed by atoms with Crippen LogP contribution >= 0.6 is 15.9 Å². The molecule has 0 unspecified atom stereocenters. The molecule has 0 aliphatic carbocycles. The number of carbonyl (C=O) groups excluding carboxylic acids is 1. The summed E-state index contributed by atoms with van der Waals surface area (Å²) in [5.41, 5.74) is 2.25. The molecule has 0 bridgehead atoms. The third-order valence-corrected chi connectivity index (χ3v) is 3.23. The van der Waals surface area contributed by atoms with E-state index in [1.807, 2.05) is 13.0 Å². The normalized spacial score (nSPS) is 10.0. The van der Waals surface area contributed by atoms with E-state index >= 15 is 0 Å². The first-order valence-electron chi connectivity index (χ1n) is 5.97. The van der Waals surface area contributed by atoms with Crippen LogP contribution in [0.1, 0.15) is 11.1 Å². The zero-order valence-electron chi connectivity index (χ0n) is 11.5. The molecule has 7 nitrogen and oxygen atoms in total. The number of hydrogen-bond acceptors (Lipinski definition) is 3. The summed E-state index contributed by atoms with van der Waals surface area (Å²) in [6.07, 6.45) is 0. The SMILES string of the molecule is Cc1cc(C)c(NC(=O)N(CC(=O)O)CC(=O)O)c(Br)c1. The molecule has 0 atom stereocenters. The maximum atomic E-state index is 12.0. The van der Waals surface area contributed by atoms with Crippen molar-refractivity contribution in [2.24, 2.45) is 0 Å². The van der Waals surface area contributed by atoms with Crippen LogP contribution in [0.4, 0.5) is 10.5 Å². The third-order valence-electron chi connectivity index (χ3n) is 2.60. The minimum atomic E-state index is -1.29. The van der Waals surface area contributed by atoms with Gasteiger partial charge in [0.05, 0.1) is 5.69 Å². The van der Waals surface area contributed by atoms with E-state index in [9.17, 15) is 14.4 Å². The molecular weight excluding hydrogens is 344 g/mol. The number of nitrogens with zero attached hydrogens (tertiary/aromatic N) is 1. The van der Waals surface area contributed by atoms with Crippen LogP contribution in [-0.4, -0.2) is 46.2 Å². The van der Waals surface area contributed by atoms with Gasteiger partial charge >= 0.3 is 18.0 Å². The summed E-state index contributed by atoms with van der Waals surface area (Å²) in [5, 5.41) is 20.0. The fraction of sp³-hybridized carbons (Fsp3) is 0.308. The highest BCUT2D eigenvalue weighted by molar-refractivity contribution is 9.10. The van der Waals surface area contributed by atoms with Crippen LogP contribution in [0.5, 0.6) is 0 Å². The standard InChI is InChI=1S/C13H15BrN2O5/c1-7-3-8(2)12(9(14)4-7)15-13(21)16(5-10(17)18)6-11(19)20/h3-4H,5-6H2,1-2H3,(H,15,21)(H,17,18)(H,19,20). The number of rotatable bonds is 5. The van der Waals surface area contributed by atoms with Gasteiger partial charge in [-0.1, -0.05) is 6.07 Å². The van der Waals surface area contributed by atoms with Gasteiger partial charge < -0.3 is 20.4 Å². The second kappa shape index (κ2) is 7.07. The number of benzene rings is 1. The van der Waals surface area contributed by atoms with Gasteiger partial charge in [0, 0.05) is 4.47 Å². The maximum absolute atomic E-state index is 12.0. The number of carbonyl (C=O) groups is 3. The molecule has 0 fully saturated rings. The molecule has 0 aromatic heterocycles. The number of anilines is 1. The highest BCUT2D eigenvalue weighted by Gasteiger charge is 2.21. The van der Waals surface area contributed by atoms with E-state index < -0.39 is 31.1 Å². The number of amides is 2. The van der Waals surface area contributed by atoms with Gasteiger partial charge in [0.15, 0.2) is 0 Å². The average molecular weight is 359 g/mol. The second-order valence-corrected chi connectivity index (χ2v) is 5.37. The van der Waals surface area contributed by atoms with E-state index in [-0.39, 0.29) is 0 Å². The zero-order chi connectivity index (χ0) is 16.2. The van der Waals surface area contributed by atoms with Crippen molar-refractivity contribution in [2.75, 3.05) is 18.4 Å². The maximum Gasteiger partial charge on any atom is 0.323 e.